The lowest BCUT2D eigenvalue weighted by molar-refractivity contribution is 0.0532. The number of hydrogen-bond acceptors (Lipinski definition) is 7. The van der Waals surface area contributed by atoms with Crippen LogP contribution >= 0.6 is 0 Å². The average molecular weight is 451 g/mol. The van der Waals surface area contributed by atoms with Gasteiger partial charge in [0.1, 0.15) is 5.60 Å². The number of alkyl carbamates (subject to hydrolysis) is 1. The largest absolute Gasteiger partial charge is 0.444 e. The lowest BCUT2D eigenvalue weighted by Crippen LogP contribution is -2.41. The molecule has 0 unspecified atom stereocenters. The maximum atomic E-state index is 11.8. The van der Waals surface area contributed by atoms with Crippen LogP contribution in [0, 0.1) is 0 Å². The van der Waals surface area contributed by atoms with Gasteiger partial charge in [0, 0.05) is 60.3 Å². The predicted octanol–water partition coefficient (Wildman–Crippen LogP) is 4.64. The number of aliphatic imine (C=N–C) groups is 1. The molecule has 0 aromatic carbocycles. The number of hydrogen-bond donors (Lipinski definition) is 2. The molecule has 0 atom stereocenters. The number of rotatable bonds is 8. The molecule has 0 saturated heterocycles. The van der Waals surface area contributed by atoms with Crippen molar-refractivity contribution < 1.29 is 9.53 Å². The molecule has 2 aromatic rings. The van der Waals surface area contributed by atoms with Crippen LogP contribution in [-0.2, 0) is 10.2 Å². The number of ether oxygens (including phenoxy) is 1. The van der Waals surface area contributed by atoms with Crippen molar-refractivity contribution in [3.63, 3.8) is 0 Å². The maximum Gasteiger partial charge on any atom is 0.407 e. The summed E-state index contributed by atoms with van der Waals surface area (Å²) in [7, 11) is 0. The van der Waals surface area contributed by atoms with Gasteiger partial charge in [-0.25, -0.2) is 14.8 Å². The molecule has 0 aliphatic heterocycles. The highest BCUT2D eigenvalue weighted by Gasteiger charge is 2.39. The Labute approximate surface area is 196 Å². The van der Waals surface area contributed by atoms with Crippen LogP contribution in [0.25, 0.3) is 0 Å². The van der Waals surface area contributed by atoms with Crippen molar-refractivity contribution in [1.82, 2.24) is 20.3 Å². The normalized spacial score (nSPS) is 16.0. The highest BCUT2D eigenvalue weighted by molar-refractivity contribution is 5.98. The Hall–Kier alpha value is -3.29. The zero-order chi connectivity index (χ0) is 23.9. The first-order valence-electron chi connectivity index (χ1n) is 11.3. The molecule has 0 radical (unpaired) electrons. The standard InChI is InChI=1S/C25H34N6O2/c1-18(14-30-23(32)33-24(3,4)5)13-27-19(2)20-15-28-22(29-16-20)31-17-25(10-8-11-25)21-9-6-7-12-26-21/h6-7,9,12-13,15-16H,8,10-11,14,17H2,1-5H3,(H,30,32)(H,28,29,31)/b18-13+,27-19?. The van der Waals surface area contributed by atoms with Gasteiger partial charge in [0.2, 0.25) is 5.95 Å². The molecule has 33 heavy (non-hydrogen) atoms. The van der Waals surface area contributed by atoms with Gasteiger partial charge in [-0.1, -0.05) is 12.5 Å². The minimum absolute atomic E-state index is 0.0658. The monoisotopic (exact) mass is 450 g/mol. The molecule has 176 valence electrons. The fraction of sp³-hybridized carbons (Fsp3) is 0.480. The number of aromatic nitrogens is 3. The predicted molar refractivity (Wildman–Crippen MR) is 130 cm³/mol. The molecule has 2 N–H and O–H groups in total. The molecule has 1 fully saturated rings. The van der Waals surface area contributed by atoms with E-state index in [1.807, 2.05) is 52.9 Å². The van der Waals surface area contributed by atoms with E-state index in [2.05, 4.69) is 36.6 Å². The van der Waals surface area contributed by atoms with Crippen LogP contribution in [0.1, 0.15) is 65.1 Å². The van der Waals surface area contributed by atoms with E-state index in [1.165, 1.54) is 6.42 Å². The van der Waals surface area contributed by atoms with Crippen molar-refractivity contribution in [2.75, 3.05) is 18.4 Å². The van der Waals surface area contributed by atoms with Crippen molar-refractivity contribution in [3.05, 3.63) is 59.8 Å². The van der Waals surface area contributed by atoms with Crippen LogP contribution in [0.2, 0.25) is 0 Å². The highest BCUT2D eigenvalue weighted by atomic mass is 16.6. The third-order valence-corrected chi connectivity index (χ3v) is 5.56. The summed E-state index contributed by atoms with van der Waals surface area (Å²) in [5.74, 6) is 0.599. The van der Waals surface area contributed by atoms with E-state index in [0.717, 1.165) is 41.9 Å². The van der Waals surface area contributed by atoms with Crippen LogP contribution in [0.4, 0.5) is 10.7 Å². The Morgan fingerprint density at radius 2 is 1.91 bits per heavy atom. The molecule has 2 heterocycles. The van der Waals surface area contributed by atoms with E-state index < -0.39 is 11.7 Å². The summed E-state index contributed by atoms with van der Waals surface area (Å²) in [6.07, 6.45) is 10.1. The minimum atomic E-state index is -0.519. The van der Waals surface area contributed by atoms with Crippen LogP contribution in [0.5, 0.6) is 0 Å². The first-order chi connectivity index (χ1) is 15.7. The summed E-state index contributed by atoms with van der Waals surface area (Å²) >= 11 is 0. The summed E-state index contributed by atoms with van der Waals surface area (Å²) in [6.45, 7) is 10.4. The van der Waals surface area contributed by atoms with E-state index in [0.29, 0.717) is 12.5 Å². The molecule has 0 bridgehead atoms. The van der Waals surface area contributed by atoms with Crippen LogP contribution < -0.4 is 10.6 Å². The molecule has 1 amide bonds. The number of anilines is 1. The second-order valence-corrected chi connectivity index (χ2v) is 9.54. The molecule has 1 aliphatic rings. The Balaban J connectivity index is 1.53. The Bertz CT molecular complexity index is 990. The van der Waals surface area contributed by atoms with Gasteiger partial charge in [0.05, 0.1) is 0 Å². The topological polar surface area (TPSA) is 101 Å². The van der Waals surface area contributed by atoms with Gasteiger partial charge >= 0.3 is 6.09 Å². The first-order valence-corrected chi connectivity index (χ1v) is 11.3. The molecule has 3 rings (SSSR count). The Morgan fingerprint density at radius 3 is 2.48 bits per heavy atom. The lowest BCUT2D eigenvalue weighted by Gasteiger charge is -2.41. The third-order valence-electron chi connectivity index (χ3n) is 5.56. The highest BCUT2D eigenvalue weighted by Crippen LogP contribution is 2.42. The second-order valence-electron chi connectivity index (χ2n) is 9.54. The molecular weight excluding hydrogens is 416 g/mol. The van der Waals surface area contributed by atoms with Crippen molar-refractivity contribution in [1.29, 1.82) is 0 Å². The Morgan fingerprint density at radius 1 is 1.18 bits per heavy atom. The maximum absolute atomic E-state index is 11.8. The van der Waals surface area contributed by atoms with Gasteiger partial charge < -0.3 is 15.4 Å². The van der Waals surface area contributed by atoms with Crippen molar-refractivity contribution >= 4 is 17.8 Å². The van der Waals surface area contributed by atoms with Crippen LogP contribution in [0.3, 0.4) is 0 Å². The number of nitrogens with one attached hydrogen (secondary N) is 2. The molecular formula is C25H34N6O2. The number of pyridine rings is 1. The average Bonchev–Trinajstić information content (AvgIpc) is 2.75. The van der Waals surface area contributed by atoms with Crippen LogP contribution in [-0.4, -0.2) is 45.4 Å². The summed E-state index contributed by atoms with van der Waals surface area (Å²) in [6, 6.07) is 6.09. The van der Waals surface area contributed by atoms with E-state index in [1.54, 1.807) is 18.6 Å². The number of carbonyl (C=O) groups is 1. The smallest absolute Gasteiger partial charge is 0.407 e. The van der Waals surface area contributed by atoms with Crippen LogP contribution in [0.15, 0.2) is 53.6 Å². The van der Waals surface area contributed by atoms with E-state index in [9.17, 15) is 4.79 Å². The summed E-state index contributed by atoms with van der Waals surface area (Å²) in [5.41, 5.74) is 3.21. The van der Waals surface area contributed by atoms with Gasteiger partial charge in [-0.05, 0) is 65.2 Å². The molecule has 8 heteroatoms. The summed E-state index contributed by atoms with van der Waals surface area (Å²) in [5, 5.41) is 6.10. The summed E-state index contributed by atoms with van der Waals surface area (Å²) < 4.78 is 5.23. The van der Waals surface area contributed by atoms with Gasteiger partial charge in [-0.3, -0.25) is 9.98 Å². The third kappa shape index (κ3) is 7.10. The van der Waals surface area contributed by atoms with E-state index in [4.69, 9.17) is 4.74 Å². The quantitative estimate of drug-likeness (QED) is 0.568. The minimum Gasteiger partial charge on any atom is -0.444 e. The fourth-order valence-corrected chi connectivity index (χ4v) is 3.51. The molecule has 1 aliphatic carbocycles. The molecule has 2 aromatic heterocycles. The Kier molecular flexibility index (Phi) is 7.79. The number of amides is 1. The lowest BCUT2D eigenvalue weighted by atomic mass is 9.66. The van der Waals surface area contributed by atoms with Crippen molar-refractivity contribution in [2.24, 2.45) is 4.99 Å². The van der Waals surface area contributed by atoms with E-state index in [-0.39, 0.29) is 5.41 Å². The van der Waals surface area contributed by atoms with Gasteiger partial charge in [-0.2, -0.15) is 0 Å². The zero-order valence-corrected chi connectivity index (χ0v) is 20.2. The number of carbonyl (C=O) groups excluding carboxylic acids is 1. The fourth-order valence-electron chi connectivity index (χ4n) is 3.51. The second kappa shape index (κ2) is 10.6. The molecule has 0 spiro atoms. The first kappa shape index (κ1) is 24.4. The number of nitrogens with zero attached hydrogens (tertiary/aromatic N) is 4. The SMILES string of the molecule is CC(=N/C=C(\C)CNC(=O)OC(C)(C)C)c1cnc(NCC2(c3ccccn3)CCC2)nc1. The van der Waals surface area contributed by atoms with Gasteiger partial charge in [-0.15, -0.1) is 0 Å². The van der Waals surface area contributed by atoms with Gasteiger partial charge in [0.15, 0.2) is 0 Å². The van der Waals surface area contributed by atoms with Crippen molar-refractivity contribution in [2.45, 2.75) is 64.9 Å². The van der Waals surface area contributed by atoms with E-state index >= 15 is 0 Å². The zero-order valence-electron chi connectivity index (χ0n) is 20.2. The van der Waals surface area contributed by atoms with Crippen molar-refractivity contribution in [3.8, 4) is 0 Å². The molecule has 8 nitrogen and oxygen atoms in total. The van der Waals surface area contributed by atoms with Gasteiger partial charge in [0.25, 0.3) is 0 Å². The summed E-state index contributed by atoms with van der Waals surface area (Å²) in [4.78, 5) is 29.7. The molecule has 1 saturated carbocycles.